The lowest BCUT2D eigenvalue weighted by Crippen LogP contribution is -2.30. The molecule has 8 nitrogen and oxygen atoms in total. The number of aryl methyl sites for hydroxylation is 1. The molecule has 0 fully saturated rings. The molecule has 1 aromatic carbocycles. The van der Waals surface area contributed by atoms with Crippen LogP contribution in [-0.4, -0.2) is 51.6 Å². The van der Waals surface area contributed by atoms with Gasteiger partial charge in [-0.3, -0.25) is 9.20 Å². The van der Waals surface area contributed by atoms with E-state index < -0.39 is 15.3 Å². The van der Waals surface area contributed by atoms with E-state index in [2.05, 4.69) is 22.4 Å². The van der Waals surface area contributed by atoms with Crippen LogP contribution in [0.5, 0.6) is 0 Å². The highest BCUT2D eigenvalue weighted by molar-refractivity contribution is 8.00. The van der Waals surface area contributed by atoms with Gasteiger partial charge in [0.05, 0.1) is 10.1 Å². The molecule has 0 spiro atoms. The van der Waals surface area contributed by atoms with Crippen LogP contribution in [0.15, 0.2) is 52.6 Å². The van der Waals surface area contributed by atoms with E-state index in [1.54, 1.807) is 31.2 Å². The predicted molar refractivity (Wildman–Crippen MR) is 123 cm³/mol. The van der Waals surface area contributed by atoms with Gasteiger partial charge in [0.1, 0.15) is 0 Å². The number of pyridine rings is 1. The first kappa shape index (κ1) is 23.2. The summed E-state index contributed by atoms with van der Waals surface area (Å²) in [5.41, 5.74) is 2.45. The number of thioether (sulfide) groups is 1. The maximum Gasteiger partial charge on any atom is 0.244 e. The summed E-state index contributed by atoms with van der Waals surface area (Å²) >= 11 is 1.22. The lowest BCUT2D eigenvalue weighted by atomic mass is 10.1. The van der Waals surface area contributed by atoms with E-state index >= 15 is 0 Å². The second-order valence-electron chi connectivity index (χ2n) is 6.96. The number of fused-ring (bicyclic) bond motifs is 1. The number of anilines is 1. The first-order valence-corrected chi connectivity index (χ1v) is 12.5. The van der Waals surface area contributed by atoms with Gasteiger partial charge in [0, 0.05) is 25.0 Å². The Morgan fingerprint density at radius 2 is 1.77 bits per heavy atom. The minimum atomic E-state index is -3.61. The van der Waals surface area contributed by atoms with Gasteiger partial charge in [0.15, 0.2) is 10.8 Å². The third-order valence-electron chi connectivity index (χ3n) is 4.97. The summed E-state index contributed by atoms with van der Waals surface area (Å²) in [4.78, 5) is 12.8. The highest BCUT2D eigenvalue weighted by Crippen LogP contribution is 2.25. The van der Waals surface area contributed by atoms with Gasteiger partial charge in [0.2, 0.25) is 15.9 Å². The average Bonchev–Trinajstić information content (AvgIpc) is 3.17. The van der Waals surface area contributed by atoms with Crippen molar-refractivity contribution in [2.75, 3.05) is 18.4 Å². The topological polar surface area (TPSA) is 96.7 Å². The molecule has 0 aliphatic heterocycles. The number of sulfonamides is 1. The number of carbonyl (C=O) groups is 1. The Hall–Kier alpha value is -2.43. The van der Waals surface area contributed by atoms with Crippen LogP contribution in [0.1, 0.15) is 33.3 Å². The zero-order chi connectivity index (χ0) is 22.6. The van der Waals surface area contributed by atoms with E-state index in [4.69, 9.17) is 0 Å². The molecule has 166 valence electrons. The number of benzene rings is 1. The largest absolute Gasteiger partial charge is 0.325 e. The lowest BCUT2D eigenvalue weighted by molar-refractivity contribution is -0.115. The number of aromatic nitrogens is 3. The Labute approximate surface area is 187 Å². The van der Waals surface area contributed by atoms with E-state index in [1.165, 1.54) is 33.9 Å². The van der Waals surface area contributed by atoms with Crippen molar-refractivity contribution in [3.05, 3.63) is 48.2 Å². The maximum absolute atomic E-state index is 12.9. The lowest BCUT2D eigenvalue weighted by Gasteiger charge is -2.18. The van der Waals surface area contributed by atoms with E-state index in [9.17, 15) is 13.2 Å². The SMILES string of the molecule is CCc1ccc(NC(=O)C(C)Sc2nnc3ccc(S(=O)(=O)N(CC)CC)cn23)cc1. The second-order valence-corrected chi connectivity index (χ2v) is 10.2. The molecule has 0 aliphatic carbocycles. The van der Waals surface area contributed by atoms with Crippen molar-refractivity contribution in [2.45, 2.75) is 49.4 Å². The highest BCUT2D eigenvalue weighted by atomic mass is 32.2. The Kier molecular flexibility index (Phi) is 7.34. The molecule has 31 heavy (non-hydrogen) atoms. The summed E-state index contributed by atoms with van der Waals surface area (Å²) in [7, 11) is -3.61. The van der Waals surface area contributed by atoms with Gasteiger partial charge in [-0.05, 0) is 43.2 Å². The normalized spacial score (nSPS) is 12.9. The molecule has 0 bridgehead atoms. The fourth-order valence-electron chi connectivity index (χ4n) is 3.08. The van der Waals surface area contributed by atoms with Crippen LogP contribution in [0.3, 0.4) is 0 Å². The summed E-state index contributed by atoms with van der Waals surface area (Å²) < 4.78 is 28.7. The van der Waals surface area contributed by atoms with Crippen molar-refractivity contribution >= 4 is 39.0 Å². The fourth-order valence-corrected chi connectivity index (χ4v) is 5.36. The van der Waals surface area contributed by atoms with Crippen LogP contribution in [0.4, 0.5) is 5.69 Å². The van der Waals surface area contributed by atoms with Crippen LogP contribution in [-0.2, 0) is 21.2 Å². The Bertz CT molecular complexity index is 1160. The Morgan fingerprint density at radius 3 is 2.39 bits per heavy atom. The standard InChI is InChI=1S/C21H27N5O3S2/c1-5-16-8-10-17(11-9-16)22-20(27)15(4)30-21-24-23-19-13-12-18(14-26(19)21)31(28,29)25(6-2)7-3/h8-15H,5-7H2,1-4H3,(H,22,27). The first-order valence-electron chi connectivity index (χ1n) is 10.2. The van der Waals surface area contributed by atoms with Crippen molar-refractivity contribution in [3.63, 3.8) is 0 Å². The number of amides is 1. The molecule has 1 amide bonds. The van der Waals surface area contributed by atoms with E-state index in [-0.39, 0.29) is 10.8 Å². The number of rotatable bonds is 9. The molecule has 1 unspecified atom stereocenters. The molecule has 0 radical (unpaired) electrons. The summed E-state index contributed by atoms with van der Waals surface area (Å²) in [5.74, 6) is -0.169. The number of carbonyl (C=O) groups excluding carboxylic acids is 1. The predicted octanol–water partition coefficient (Wildman–Crippen LogP) is 3.44. The first-order chi connectivity index (χ1) is 14.8. The summed E-state index contributed by atoms with van der Waals surface area (Å²) in [5, 5.41) is 11.1. The zero-order valence-corrected chi connectivity index (χ0v) is 19.7. The van der Waals surface area contributed by atoms with Crippen molar-refractivity contribution in [1.82, 2.24) is 18.9 Å². The molecule has 0 saturated carbocycles. The van der Waals surface area contributed by atoms with E-state index in [0.29, 0.717) is 23.9 Å². The minimum Gasteiger partial charge on any atom is -0.325 e. The van der Waals surface area contributed by atoms with Gasteiger partial charge < -0.3 is 5.32 Å². The minimum absolute atomic E-state index is 0.165. The molecule has 2 heterocycles. The van der Waals surface area contributed by atoms with Crippen LogP contribution in [0.25, 0.3) is 5.65 Å². The van der Waals surface area contributed by atoms with E-state index in [0.717, 1.165) is 12.1 Å². The molecule has 3 rings (SSSR count). The summed E-state index contributed by atoms with van der Waals surface area (Å²) in [6, 6.07) is 10.9. The molecular formula is C21H27N5O3S2. The van der Waals surface area contributed by atoms with Crippen LogP contribution in [0.2, 0.25) is 0 Å². The average molecular weight is 462 g/mol. The number of nitrogens with zero attached hydrogens (tertiary/aromatic N) is 4. The van der Waals surface area contributed by atoms with Gasteiger partial charge in [-0.15, -0.1) is 10.2 Å². The van der Waals surface area contributed by atoms with Crippen LogP contribution in [0, 0.1) is 0 Å². The maximum atomic E-state index is 12.9. The zero-order valence-electron chi connectivity index (χ0n) is 18.1. The third kappa shape index (κ3) is 5.08. The van der Waals surface area contributed by atoms with Crippen molar-refractivity contribution in [1.29, 1.82) is 0 Å². The Balaban J connectivity index is 1.80. The molecular weight excluding hydrogens is 434 g/mol. The molecule has 0 aliphatic rings. The smallest absolute Gasteiger partial charge is 0.244 e. The third-order valence-corrected chi connectivity index (χ3v) is 8.06. The molecule has 2 aromatic heterocycles. The van der Waals surface area contributed by atoms with E-state index in [1.807, 2.05) is 24.3 Å². The molecule has 3 aromatic rings. The molecule has 1 N–H and O–H groups in total. The van der Waals surface area contributed by atoms with Crippen LogP contribution < -0.4 is 5.32 Å². The fraction of sp³-hybridized carbons (Fsp3) is 0.381. The number of nitrogens with one attached hydrogen (secondary N) is 1. The highest BCUT2D eigenvalue weighted by Gasteiger charge is 2.24. The number of hydrogen-bond donors (Lipinski definition) is 1. The van der Waals surface area contributed by atoms with Gasteiger partial charge in [0.25, 0.3) is 0 Å². The molecule has 10 heteroatoms. The van der Waals surface area contributed by atoms with Gasteiger partial charge >= 0.3 is 0 Å². The monoisotopic (exact) mass is 461 g/mol. The molecule has 0 saturated heterocycles. The van der Waals surface area contributed by atoms with Crippen molar-refractivity contribution < 1.29 is 13.2 Å². The summed E-state index contributed by atoms with van der Waals surface area (Å²) in [6.45, 7) is 8.23. The second kappa shape index (κ2) is 9.80. The number of hydrogen-bond acceptors (Lipinski definition) is 6. The van der Waals surface area contributed by atoms with Crippen molar-refractivity contribution in [2.24, 2.45) is 0 Å². The molecule has 1 atom stereocenters. The van der Waals surface area contributed by atoms with Gasteiger partial charge in [-0.25, -0.2) is 8.42 Å². The van der Waals surface area contributed by atoms with Gasteiger partial charge in [-0.1, -0.05) is 44.7 Å². The van der Waals surface area contributed by atoms with Crippen LogP contribution >= 0.6 is 11.8 Å². The van der Waals surface area contributed by atoms with Gasteiger partial charge in [-0.2, -0.15) is 4.31 Å². The quantitative estimate of drug-likeness (QED) is 0.490. The van der Waals surface area contributed by atoms with Crippen molar-refractivity contribution in [3.8, 4) is 0 Å². The Morgan fingerprint density at radius 1 is 1.10 bits per heavy atom. The summed E-state index contributed by atoms with van der Waals surface area (Å²) in [6.07, 6.45) is 2.45.